The van der Waals surface area contributed by atoms with Crippen molar-refractivity contribution < 1.29 is 17.7 Å². The lowest BCUT2D eigenvalue weighted by molar-refractivity contribution is 0.274. The molecule has 0 aromatic heterocycles. The van der Waals surface area contributed by atoms with Crippen molar-refractivity contribution >= 4 is 10.1 Å². The van der Waals surface area contributed by atoms with Crippen LogP contribution in [0.25, 0.3) is 0 Å². The molecule has 1 fully saturated rings. The Morgan fingerprint density at radius 3 is 2.47 bits per heavy atom. The molecule has 0 bridgehead atoms. The number of unbranched alkanes of at least 4 members (excludes halogenated alkanes) is 1. The van der Waals surface area contributed by atoms with Crippen molar-refractivity contribution in [2.45, 2.75) is 50.2 Å². The molecule has 0 unspecified atom stereocenters. The van der Waals surface area contributed by atoms with E-state index >= 15 is 0 Å². The molecule has 0 spiro atoms. The summed E-state index contributed by atoms with van der Waals surface area (Å²) >= 11 is 0. The van der Waals surface area contributed by atoms with Gasteiger partial charge in [0.15, 0.2) is 0 Å². The van der Waals surface area contributed by atoms with Crippen LogP contribution in [-0.4, -0.2) is 31.5 Å². The zero-order chi connectivity index (χ0) is 11.4. The molecular weight excluding hydrogens is 216 g/mol. The maximum atomic E-state index is 11.8. The second-order valence-corrected chi connectivity index (χ2v) is 6.15. The topological polar surface area (TPSA) is 63.6 Å². The normalized spacial score (nSPS) is 19.1. The summed E-state index contributed by atoms with van der Waals surface area (Å²) in [5, 5.41) is 8.70. The standard InChI is InChI=1S/C10H20O4S/c1-2-3-9-14-15(12,13)10(6-7-10)5-4-8-11/h11H,2-9H2,1H3. The molecule has 4 nitrogen and oxygen atoms in total. The molecular formula is C10H20O4S. The van der Waals surface area contributed by atoms with E-state index in [1.807, 2.05) is 6.92 Å². The number of hydrogen-bond donors (Lipinski definition) is 1. The summed E-state index contributed by atoms with van der Waals surface area (Å²) in [7, 11) is -3.40. The zero-order valence-corrected chi connectivity index (χ0v) is 10.1. The van der Waals surface area contributed by atoms with E-state index in [1.54, 1.807) is 0 Å². The van der Waals surface area contributed by atoms with E-state index in [9.17, 15) is 8.42 Å². The van der Waals surface area contributed by atoms with Crippen molar-refractivity contribution in [2.24, 2.45) is 0 Å². The molecule has 0 aliphatic heterocycles. The van der Waals surface area contributed by atoms with Crippen LogP contribution in [0.5, 0.6) is 0 Å². The largest absolute Gasteiger partial charge is 0.396 e. The van der Waals surface area contributed by atoms with Gasteiger partial charge in [-0.1, -0.05) is 13.3 Å². The highest BCUT2D eigenvalue weighted by Gasteiger charge is 2.54. The molecule has 1 aliphatic rings. The molecule has 0 aromatic carbocycles. The Morgan fingerprint density at radius 2 is 2.00 bits per heavy atom. The summed E-state index contributed by atoms with van der Waals surface area (Å²) in [6.45, 7) is 2.33. The Bertz CT molecular complexity index is 280. The average molecular weight is 236 g/mol. The molecule has 1 rings (SSSR count). The van der Waals surface area contributed by atoms with E-state index in [0.717, 1.165) is 12.8 Å². The summed E-state index contributed by atoms with van der Waals surface area (Å²) in [5.41, 5.74) is 0. The average Bonchev–Trinajstić information content (AvgIpc) is 2.96. The molecule has 0 saturated heterocycles. The molecule has 90 valence electrons. The maximum Gasteiger partial charge on any atom is 0.273 e. The lowest BCUT2D eigenvalue weighted by Crippen LogP contribution is -2.26. The van der Waals surface area contributed by atoms with Gasteiger partial charge in [-0.3, -0.25) is 4.18 Å². The van der Waals surface area contributed by atoms with Gasteiger partial charge in [-0.2, -0.15) is 8.42 Å². The van der Waals surface area contributed by atoms with Crippen molar-refractivity contribution in [3.63, 3.8) is 0 Å². The molecule has 1 N–H and O–H groups in total. The minimum atomic E-state index is -3.40. The summed E-state index contributed by atoms with van der Waals surface area (Å²) in [6.07, 6.45) is 4.13. The molecule has 0 atom stereocenters. The zero-order valence-electron chi connectivity index (χ0n) is 9.24. The third kappa shape index (κ3) is 3.16. The van der Waals surface area contributed by atoms with Gasteiger partial charge in [-0.15, -0.1) is 0 Å². The fourth-order valence-electron chi connectivity index (χ4n) is 1.60. The van der Waals surface area contributed by atoms with Gasteiger partial charge in [-0.25, -0.2) is 0 Å². The molecule has 1 saturated carbocycles. The summed E-state index contributed by atoms with van der Waals surface area (Å²) in [6, 6.07) is 0. The Balaban J connectivity index is 2.46. The van der Waals surface area contributed by atoms with Gasteiger partial charge in [0.05, 0.1) is 11.4 Å². The van der Waals surface area contributed by atoms with Crippen molar-refractivity contribution in [3.05, 3.63) is 0 Å². The molecule has 1 aliphatic carbocycles. The quantitative estimate of drug-likeness (QED) is 0.511. The first-order chi connectivity index (χ1) is 7.08. The molecule has 0 radical (unpaired) electrons. The predicted octanol–water partition coefficient (Wildman–Crippen LogP) is 1.44. The van der Waals surface area contributed by atoms with E-state index < -0.39 is 14.9 Å². The van der Waals surface area contributed by atoms with Gasteiger partial charge >= 0.3 is 0 Å². The first kappa shape index (κ1) is 12.9. The Kier molecular flexibility index (Phi) is 4.55. The minimum absolute atomic E-state index is 0.0478. The lowest BCUT2D eigenvalue weighted by atomic mass is 10.2. The fourth-order valence-corrected chi connectivity index (χ4v) is 3.19. The number of rotatable bonds is 8. The van der Waals surface area contributed by atoms with Gasteiger partial charge in [0.2, 0.25) is 0 Å². The van der Waals surface area contributed by atoms with Crippen LogP contribution in [-0.2, 0) is 14.3 Å². The van der Waals surface area contributed by atoms with Crippen LogP contribution in [0.4, 0.5) is 0 Å². The summed E-state index contributed by atoms with van der Waals surface area (Å²) in [4.78, 5) is 0. The Morgan fingerprint density at radius 1 is 1.33 bits per heavy atom. The highest BCUT2D eigenvalue weighted by atomic mass is 32.2. The number of hydrogen-bond acceptors (Lipinski definition) is 4. The SMILES string of the molecule is CCCCOS(=O)(=O)C1(CCCO)CC1. The molecule has 15 heavy (non-hydrogen) atoms. The molecule has 0 aromatic rings. The van der Waals surface area contributed by atoms with Crippen molar-refractivity contribution in [3.8, 4) is 0 Å². The minimum Gasteiger partial charge on any atom is -0.396 e. The molecule has 0 amide bonds. The lowest BCUT2D eigenvalue weighted by Gasteiger charge is -2.15. The van der Waals surface area contributed by atoms with Gasteiger partial charge in [0, 0.05) is 6.61 Å². The second kappa shape index (κ2) is 5.27. The smallest absolute Gasteiger partial charge is 0.273 e. The highest BCUT2D eigenvalue weighted by Crippen LogP contribution is 2.48. The van der Waals surface area contributed by atoms with Crippen LogP contribution in [0.2, 0.25) is 0 Å². The number of aliphatic hydroxyl groups excluding tert-OH is 1. The Labute approximate surface area is 91.8 Å². The van der Waals surface area contributed by atoms with Crippen LogP contribution in [0.15, 0.2) is 0 Å². The van der Waals surface area contributed by atoms with Crippen LogP contribution >= 0.6 is 0 Å². The van der Waals surface area contributed by atoms with Crippen LogP contribution in [0.3, 0.4) is 0 Å². The third-order valence-corrected chi connectivity index (χ3v) is 5.01. The van der Waals surface area contributed by atoms with Gasteiger partial charge in [-0.05, 0) is 32.1 Å². The fraction of sp³-hybridized carbons (Fsp3) is 1.00. The van der Waals surface area contributed by atoms with Gasteiger partial charge in [0.25, 0.3) is 10.1 Å². The molecule has 0 heterocycles. The van der Waals surface area contributed by atoms with E-state index in [4.69, 9.17) is 9.29 Å². The van der Waals surface area contributed by atoms with E-state index in [2.05, 4.69) is 0 Å². The maximum absolute atomic E-state index is 11.8. The highest BCUT2D eigenvalue weighted by molar-refractivity contribution is 7.88. The Hall–Kier alpha value is -0.130. The summed E-state index contributed by atoms with van der Waals surface area (Å²) < 4.78 is 27.9. The number of aliphatic hydroxyl groups is 1. The van der Waals surface area contributed by atoms with Crippen LogP contribution < -0.4 is 0 Å². The van der Waals surface area contributed by atoms with Crippen molar-refractivity contribution in [1.29, 1.82) is 0 Å². The van der Waals surface area contributed by atoms with E-state index in [0.29, 0.717) is 32.3 Å². The van der Waals surface area contributed by atoms with Gasteiger partial charge in [0.1, 0.15) is 0 Å². The van der Waals surface area contributed by atoms with Crippen molar-refractivity contribution in [1.82, 2.24) is 0 Å². The molecule has 5 heteroatoms. The third-order valence-electron chi connectivity index (χ3n) is 2.86. The van der Waals surface area contributed by atoms with E-state index in [1.165, 1.54) is 0 Å². The second-order valence-electron chi connectivity index (χ2n) is 4.14. The van der Waals surface area contributed by atoms with E-state index in [-0.39, 0.29) is 6.61 Å². The monoisotopic (exact) mass is 236 g/mol. The predicted molar refractivity (Wildman–Crippen MR) is 58.1 cm³/mol. The summed E-state index contributed by atoms with van der Waals surface area (Å²) in [5.74, 6) is 0. The van der Waals surface area contributed by atoms with Crippen LogP contribution in [0.1, 0.15) is 45.4 Å². The van der Waals surface area contributed by atoms with Gasteiger partial charge < -0.3 is 5.11 Å². The van der Waals surface area contributed by atoms with Crippen molar-refractivity contribution in [2.75, 3.05) is 13.2 Å². The van der Waals surface area contributed by atoms with Crippen LogP contribution in [0, 0.1) is 0 Å². The first-order valence-corrected chi connectivity index (χ1v) is 6.99. The first-order valence-electron chi connectivity index (χ1n) is 5.58.